The quantitative estimate of drug-likeness (QED) is 0.112. The van der Waals surface area contributed by atoms with Crippen molar-refractivity contribution in [2.24, 2.45) is 0 Å². The maximum atomic E-state index is 14.1. The smallest absolute Gasteiger partial charge is 0.193 e. The third kappa shape index (κ3) is 11.0. The molecule has 0 unspecified atom stereocenters. The fourth-order valence-electron chi connectivity index (χ4n) is 17.4. The van der Waals surface area contributed by atoms with Crippen LogP contribution in [0.15, 0.2) is 400 Å². The highest BCUT2D eigenvalue weighted by molar-refractivity contribution is 6.16. The summed E-state index contributed by atoms with van der Waals surface area (Å²) in [5.41, 5.74) is 22.5. The van der Waals surface area contributed by atoms with Crippen molar-refractivity contribution in [3.05, 3.63) is 434 Å². The lowest BCUT2D eigenvalue weighted by atomic mass is 9.98. The van der Waals surface area contributed by atoms with Crippen LogP contribution in [-0.4, -0.2) is 35.6 Å². The van der Waals surface area contributed by atoms with E-state index in [4.69, 9.17) is 9.47 Å². The number of rotatable bonds is 12. The molecule has 0 aliphatic carbocycles. The fourth-order valence-corrected chi connectivity index (χ4v) is 17.4. The summed E-state index contributed by atoms with van der Waals surface area (Å²) in [6.07, 6.45) is 0. The molecule has 0 bridgehead atoms. The van der Waals surface area contributed by atoms with Gasteiger partial charge in [0.05, 0.1) is 66.9 Å². The number of carbonyl (C=O) groups excluding carboxylic acids is 3. The normalized spacial score (nSPS) is 12.2. The van der Waals surface area contributed by atoms with Crippen LogP contribution >= 0.6 is 0 Å². The van der Waals surface area contributed by atoms with Crippen LogP contribution in [0.5, 0.6) is 23.0 Å². The lowest BCUT2D eigenvalue weighted by Gasteiger charge is -2.32. The van der Waals surface area contributed by atoms with Gasteiger partial charge in [-0.05, 0) is 218 Å². The lowest BCUT2D eigenvalue weighted by molar-refractivity contribution is 0.102. The molecule has 6 heterocycles. The van der Waals surface area contributed by atoms with Crippen molar-refractivity contribution in [2.45, 2.75) is 0 Å². The van der Waals surface area contributed by atoms with Gasteiger partial charge in [-0.1, -0.05) is 182 Å². The van der Waals surface area contributed by atoms with Gasteiger partial charge in [0.15, 0.2) is 40.3 Å². The van der Waals surface area contributed by atoms with Crippen LogP contribution in [0.2, 0.25) is 0 Å². The van der Waals surface area contributed by atoms with Crippen LogP contribution < -0.4 is 19.3 Å². The first-order chi connectivity index (χ1) is 57.3. The molecule has 23 rings (SSSR count). The van der Waals surface area contributed by atoms with Gasteiger partial charge >= 0.3 is 0 Å². The van der Waals surface area contributed by atoms with Crippen LogP contribution in [-0.2, 0) is 0 Å². The molecule has 0 saturated carbocycles. The highest BCUT2D eigenvalue weighted by Gasteiger charge is 2.29. The first-order valence-corrected chi connectivity index (χ1v) is 38.8. The van der Waals surface area contributed by atoms with Crippen molar-refractivity contribution in [1.82, 2.24) is 18.3 Å². The number of anilines is 6. The van der Waals surface area contributed by atoms with Crippen molar-refractivity contribution in [3.63, 3.8) is 0 Å². The number of benzene rings is 17. The summed E-state index contributed by atoms with van der Waals surface area (Å²) in [5, 5.41) is 9.70. The zero-order valence-corrected chi connectivity index (χ0v) is 62.3. The van der Waals surface area contributed by atoms with Crippen molar-refractivity contribution < 1.29 is 23.9 Å². The predicted molar refractivity (Wildman–Crippen MR) is 469 cm³/mol. The minimum Gasteiger partial charge on any atom is -0.453 e. The van der Waals surface area contributed by atoms with Gasteiger partial charge in [0.1, 0.15) is 0 Å². The number of hydrogen-bond donors (Lipinski definition) is 0. The second-order valence-electron chi connectivity index (χ2n) is 29.3. The molecule has 11 nitrogen and oxygen atoms in total. The second-order valence-corrected chi connectivity index (χ2v) is 29.3. The Kier molecular flexibility index (Phi) is 15.8. The number of para-hydroxylation sites is 14. The van der Waals surface area contributed by atoms with Gasteiger partial charge in [0, 0.05) is 111 Å². The van der Waals surface area contributed by atoms with Crippen molar-refractivity contribution in [3.8, 4) is 45.7 Å². The molecule has 2 aliphatic rings. The number of ketones is 3. The van der Waals surface area contributed by atoms with E-state index in [0.717, 1.165) is 102 Å². The van der Waals surface area contributed by atoms with Gasteiger partial charge in [0.25, 0.3) is 0 Å². The summed E-state index contributed by atoms with van der Waals surface area (Å²) < 4.78 is 21.6. The van der Waals surface area contributed by atoms with Gasteiger partial charge in [-0.3, -0.25) is 14.4 Å². The van der Waals surface area contributed by atoms with Crippen LogP contribution in [0.4, 0.5) is 34.1 Å². The maximum absolute atomic E-state index is 14.1. The number of nitrogens with zero attached hydrogens (tertiary/aromatic N) is 6. The molecule has 0 N–H and O–H groups in total. The molecule has 11 heteroatoms. The van der Waals surface area contributed by atoms with E-state index in [-0.39, 0.29) is 17.3 Å². The molecule has 0 atom stereocenters. The minimum atomic E-state index is -0.117. The Labute approximate surface area is 666 Å². The van der Waals surface area contributed by atoms with Crippen LogP contribution in [0.3, 0.4) is 0 Å². The molecule has 17 aromatic carbocycles. The van der Waals surface area contributed by atoms with Gasteiger partial charge in [0.2, 0.25) is 0 Å². The van der Waals surface area contributed by atoms with E-state index in [1.807, 2.05) is 170 Å². The molecule has 0 saturated heterocycles. The molecule has 546 valence electrons. The molecule has 21 aromatic rings. The van der Waals surface area contributed by atoms with E-state index in [9.17, 15) is 14.4 Å². The van der Waals surface area contributed by atoms with E-state index >= 15 is 0 Å². The SMILES string of the molecule is O=C(c1ccc(-n2c3ccccc3c3cc(-n4c5ccccc5c5ccccc54)ccc32)cc1)c1ccc(-n2c3ccccc3c3cc(-n4c5ccccc5c5ccccc54)ccc32)cc1.O=C(c1ccc(C(=O)c2ccc(N3c4ccccc4Oc4ccccc43)cc2)cc1)c1ccc(N2c3ccccc3Oc3ccccc32)cc1. The highest BCUT2D eigenvalue weighted by Crippen LogP contribution is 2.52. The molecule has 4 aromatic heterocycles. The Morgan fingerprint density at radius 1 is 0.172 bits per heavy atom. The average Bonchev–Trinajstić information content (AvgIpc) is 1.55. The van der Waals surface area contributed by atoms with E-state index in [2.05, 4.69) is 234 Å². The molecule has 0 fully saturated rings. The van der Waals surface area contributed by atoms with Crippen molar-refractivity contribution >= 4 is 139 Å². The third-order valence-corrected chi connectivity index (χ3v) is 22.8. The van der Waals surface area contributed by atoms with Gasteiger partial charge in [-0.15, -0.1) is 0 Å². The summed E-state index contributed by atoms with van der Waals surface area (Å²) in [6.45, 7) is 0. The molecule has 2 aliphatic heterocycles. The zero-order valence-electron chi connectivity index (χ0n) is 62.3. The standard InChI is InChI=1S/C61H38N4O.C44H28N2O4/c66-61(39-25-29-41(30-26-39)62-57-23-11-5-17-49(57)51-37-43(33-35-59(51)62)64-53-19-7-1-13-45(53)46-14-2-8-20-54(46)64)40-27-31-42(32-28-40)63-58-24-12-6-18-50(58)52-38-44(34-36-60(52)63)65-55-21-9-3-15-47(55)48-16-4-10-22-56(48)65;47-43(31-21-25-33(26-22-31)45-35-9-1-5-13-39(35)49-40-14-6-2-10-36(40)45)29-17-19-30(20-18-29)44(48)32-23-27-34(28-24-32)46-37-11-3-7-15-41(37)50-42-16-8-4-12-38(42)46/h1-38H;1-28H. The Morgan fingerprint density at radius 3 is 0.629 bits per heavy atom. The Morgan fingerprint density at radius 2 is 0.362 bits per heavy atom. The number of fused-ring (bicyclic) bond motifs is 16. The van der Waals surface area contributed by atoms with Crippen LogP contribution in [0.25, 0.3) is 110 Å². The number of aromatic nitrogens is 4. The summed E-state index contributed by atoms with van der Waals surface area (Å²) >= 11 is 0. The Bertz CT molecular complexity index is 6930. The van der Waals surface area contributed by atoms with E-state index in [0.29, 0.717) is 33.4 Å². The van der Waals surface area contributed by atoms with Gasteiger partial charge in [-0.2, -0.15) is 0 Å². The highest BCUT2D eigenvalue weighted by atomic mass is 16.5. The summed E-state index contributed by atoms with van der Waals surface area (Å²) in [7, 11) is 0. The van der Waals surface area contributed by atoms with Crippen LogP contribution in [0, 0.1) is 0 Å². The summed E-state index contributed by atoms with van der Waals surface area (Å²) in [6, 6.07) is 135. The molecular weight excluding hydrogens is 1430 g/mol. The first kappa shape index (κ1) is 67.1. The topological polar surface area (TPSA) is 95.9 Å². The number of hydrogen-bond acceptors (Lipinski definition) is 7. The van der Waals surface area contributed by atoms with E-state index in [1.54, 1.807) is 24.3 Å². The monoisotopic (exact) mass is 1490 g/mol. The molecular formula is C105H66N6O5. The predicted octanol–water partition coefficient (Wildman–Crippen LogP) is 26.6. The zero-order chi connectivity index (χ0) is 77.1. The third-order valence-electron chi connectivity index (χ3n) is 22.8. The van der Waals surface area contributed by atoms with Crippen LogP contribution in [0.1, 0.15) is 47.8 Å². The lowest BCUT2D eigenvalue weighted by Crippen LogP contribution is -2.15. The van der Waals surface area contributed by atoms with Gasteiger partial charge in [-0.25, -0.2) is 0 Å². The summed E-state index contributed by atoms with van der Waals surface area (Å²) in [4.78, 5) is 45.4. The largest absolute Gasteiger partial charge is 0.453 e. The van der Waals surface area contributed by atoms with Gasteiger partial charge < -0.3 is 37.5 Å². The Hall–Kier alpha value is -15.9. The molecule has 0 amide bonds. The van der Waals surface area contributed by atoms with Crippen molar-refractivity contribution in [1.29, 1.82) is 0 Å². The average molecular weight is 1490 g/mol. The second kappa shape index (κ2) is 27.3. The molecule has 116 heavy (non-hydrogen) atoms. The fraction of sp³-hybridized carbons (Fsp3) is 0. The molecule has 0 radical (unpaired) electrons. The number of carbonyl (C=O) groups is 3. The number of ether oxygens (including phenoxy) is 2. The first-order valence-electron chi connectivity index (χ1n) is 38.8. The molecule has 0 spiro atoms. The van der Waals surface area contributed by atoms with E-state index < -0.39 is 0 Å². The maximum Gasteiger partial charge on any atom is 0.193 e. The Balaban J connectivity index is 0.000000146. The van der Waals surface area contributed by atoms with Crippen molar-refractivity contribution in [2.75, 3.05) is 9.80 Å². The van der Waals surface area contributed by atoms with E-state index in [1.165, 1.54) is 65.2 Å². The summed E-state index contributed by atoms with van der Waals surface area (Å²) in [5.74, 6) is 2.83. The minimum absolute atomic E-state index is 0.0100.